The van der Waals surface area contributed by atoms with Gasteiger partial charge in [0, 0.05) is 5.56 Å². The van der Waals surface area contributed by atoms with Crippen LogP contribution in [-0.4, -0.2) is 5.91 Å². The second kappa shape index (κ2) is 3.97. The molecule has 1 amide bonds. The molecule has 0 aliphatic carbocycles. The van der Waals surface area contributed by atoms with Crippen LogP contribution in [-0.2, 0) is 0 Å². The fraction of sp³-hybridized carbons (Fsp3) is 0.214. The highest BCUT2D eigenvalue weighted by atomic mass is 16.1. The predicted molar refractivity (Wildman–Crippen MR) is 66.6 cm³/mol. The number of carbonyl (C=O) groups excluding carboxylic acids is 1. The first-order chi connectivity index (χ1) is 7.59. The van der Waals surface area contributed by atoms with E-state index in [0.717, 1.165) is 16.3 Å². The van der Waals surface area contributed by atoms with Crippen molar-refractivity contribution in [2.45, 2.75) is 19.8 Å². The molecule has 2 aromatic rings. The lowest BCUT2D eigenvalue weighted by Gasteiger charge is -2.12. The van der Waals surface area contributed by atoms with Gasteiger partial charge < -0.3 is 5.73 Å². The Labute approximate surface area is 95.1 Å². The van der Waals surface area contributed by atoms with Crippen LogP contribution in [0.4, 0.5) is 0 Å². The zero-order valence-corrected chi connectivity index (χ0v) is 9.53. The van der Waals surface area contributed by atoms with Crippen LogP contribution < -0.4 is 5.73 Å². The van der Waals surface area contributed by atoms with E-state index in [2.05, 4.69) is 19.9 Å². The van der Waals surface area contributed by atoms with Crippen molar-refractivity contribution in [2.75, 3.05) is 0 Å². The zero-order valence-electron chi connectivity index (χ0n) is 9.53. The Balaban J connectivity index is 2.76. The van der Waals surface area contributed by atoms with Gasteiger partial charge in [0.2, 0.25) is 5.91 Å². The molecule has 0 aliphatic rings. The molecular formula is C14H15NO. The maximum atomic E-state index is 11.4. The van der Waals surface area contributed by atoms with Gasteiger partial charge in [-0.05, 0) is 28.3 Å². The second-order valence-electron chi connectivity index (χ2n) is 4.31. The lowest BCUT2D eigenvalue weighted by atomic mass is 9.93. The number of amides is 1. The van der Waals surface area contributed by atoms with E-state index in [1.807, 2.05) is 30.3 Å². The van der Waals surface area contributed by atoms with Crippen LogP contribution in [0.1, 0.15) is 35.7 Å². The van der Waals surface area contributed by atoms with E-state index >= 15 is 0 Å². The number of carbonyl (C=O) groups is 1. The van der Waals surface area contributed by atoms with E-state index < -0.39 is 0 Å². The normalized spacial score (nSPS) is 10.9. The van der Waals surface area contributed by atoms with E-state index in [-0.39, 0.29) is 5.91 Å². The van der Waals surface area contributed by atoms with E-state index in [1.54, 1.807) is 0 Å². The minimum atomic E-state index is -0.352. The molecule has 0 atom stereocenters. The third-order valence-corrected chi connectivity index (χ3v) is 2.81. The number of rotatable bonds is 2. The van der Waals surface area contributed by atoms with Crippen LogP contribution >= 0.6 is 0 Å². The summed E-state index contributed by atoms with van der Waals surface area (Å²) in [6.07, 6.45) is 0. The largest absolute Gasteiger partial charge is 0.366 e. The summed E-state index contributed by atoms with van der Waals surface area (Å²) in [5, 5.41) is 2.21. The van der Waals surface area contributed by atoms with Gasteiger partial charge in [-0.1, -0.05) is 44.2 Å². The minimum absolute atomic E-state index is 0.298. The summed E-state index contributed by atoms with van der Waals surface area (Å²) >= 11 is 0. The number of fused-ring (bicyclic) bond motifs is 1. The summed E-state index contributed by atoms with van der Waals surface area (Å²) in [6.45, 7) is 4.13. The number of nitrogens with two attached hydrogens (primary N) is 1. The van der Waals surface area contributed by atoms with Crippen LogP contribution in [0.5, 0.6) is 0 Å². The molecule has 82 valence electrons. The molecule has 0 saturated heterocycles. The molecule has 2 rings (SSSR count). The lowest BCUT2D eigenvalue weighted by Crippen LogP contribution is -2.14. The Morgan fingerprint density at radius 1 is 1.12 bits per heavy atom. The molecule has 2 heteroatoms. The highest BCUT2D eigenvalue weighted by Gasteiger charge is 2.12. The quantitative estimate of drug-likeness (QED) is 0.818. The molecule has 0 spiro atoms. The maximum Gasteiger partial charge on any atom is 0.249 e. The molecule has 0 aromatic heterocycles. The van der Waals surface area contributed by atoms with E-state index in [4.69, 9.17) is 5.73 Å². The Bertz CT molecular complexity index is 543. The average molecular weight is 213 g/mol. The van der Waals surface area contributed by atoms with Crippen LogP contribution in [0.3, 0.4) is 0 Å². The molecule has 0 radical (unpaired) electrons. The van der Waals surface area contributed by atoms with Gasteiger partial charge in [-0.15, -0.1) is 0 Å². The molecule has 16 heavy (non-hydrogen) atoms. The van der Waals surface area contributed by atoms with Crippen LogP contribution in [0, 0.1) is 0 Å². The second-order valence-corrected chi connectivity index (χ2v) is 4.31. The SMILES string of the molecule is CC(C)c1cc2ccccc2cc1C(N)=O. The third-order valence-electron chi connectivity index (χ3n) is 2.81. The highest BCUT2D eigenvalue weighted by molar-refractivity contribution is 5.99. The fourth-order valence-corrected chi connectivity index (χ4v) is 1.95. The third kappa shape index (κ3) is 1.78. The summed E-state index contributed by atoms with van der Waals surface area (Å²) in [4.78, 5) is 11.4. The van der Waals surface area contributed by atoms with Crippen molar-refractivity contribution < 1.29 is 4.79 Å². The Hall–Kier alpha value is -1.83. The molecule has 0 aliphatic heterocycles. The summed E-state index contributed by atoms with van der Waals surface area (Å²) < 4.78 is 0. The molecular weight excluding hydrogens is 198 g/mol. The topological polar surface area (TPSA) is 43.1 Å². The Morgan fingerprint density at radius 3 is 2.19 bits per heavy atom. The predicted octanol–water partition coefficient (Wildman–Crippen LogP) is 3.06. The van der Waals surface area contributed by atoms with Gasteiger partial charge in [-0.25, -0.2) is 0 Å². The van der Waals surface area contributed by atoms with Gasteiger partial charge in [-0.2, -0.15) is 0 Å². The smallest absolute Gasteiger partial charge is 0.249 e. The summed E-state index contributed by atoms with van der Waals surface area (Å²) in [5.74, 6) is -0.0541. The number of hydrogen-bond donors (Lipinski definition) is 1. The Kier molecular flexibility index (Phi) is 2.65. The minimum Gasteiger partial charge on any atom is -0.366 e. The number of benzene rings is 2. The van der Waals surface area contributed by atoms with Crippen molar-refractivity contribution in [1.82, 2.24) is 0 Å². The molecule has 2 N–H and O–H groups in total. The van der Waals surface area contributed by atoms with Gasteiger partial charge in [0.15, 0.2) is 0 Å². The van der Waals surface area contributed by atoms with E-state index in [9.17, 15) is 4.79 Å². The molecule has 2 nitrogen and oxygen atoms in total. The molecule has 0 saturated carbocycles. The first kappa shape index (κ1) is 10.7. The first-order valence-corrected chi connectivity index (χ1v) is 5.42. The van der Waals surface area contributed by atoms with Crippen molar-refractivity contribution >= 4 is 16.7 Å². The van der Waals surface area contributed by atoms with Crippen LogP contribution in [0.2, 0.25) is 0 Å². The Morgan fingerprint density at radius 2 is 1.69 bits per heavy atom. The number of hydrogen-bond acceptors (Lipinski definition) is 1. The van der Waals surface area contributed by atoms with Gasteiger partial charge in [0.25, 0.3) is 0 Å². The molecule has 0 fully saturated rings. The number of primary amides is 1. The van der Waals surface area contributed by atoms with Crippen molar-refractivity contribution in [3.8, 4) is 0 Å². The van der Waals surface area contributed by atoms with Crippen molar-refractivity contribution in [2.24, 2.45) is 5.73 Å². The first-order valence-electron chi connectivity index (χ1n) is 5.42. The fourth-order valence-electron chi connectivity index (χ4n) is 1.95. The van der Waals surface area contributed by atoms with Crippen molar-refractivity contribution in [3.05, 3.63) is 47.5 Å². The standard InChI is InChI=1S/C14H15NO/c1-9(2)12-7-10-5-3-4-6-11(10)8-13(12)14(15)16/h3-9H,1-2H3,(H2,15,16). The van der Waals surface area contributed by atoms with Crippen molar-refractivity contribution in [1.29, 1.82) is 0 Å². The molecule has 0 bridgehead atoms. The average Bonchev–Trinajstić information content (AvgIpc) is 2.27. The van der Waals surface area contributed by atoms with E-state index in [0.29, 0.717) is 11.5 Å². The monoisotopic (exact) mass is 213 g/mol. The van der Waals surface area contributed by atoms with Crippen LogP contribution in [0.15, 0.2) is 36.4 Å². The van der Waals surface area contributed by atoms with E-state index in [1.165, 1.54) is 0 Å². The summed E-state index contributed by atoms with van der Waals surface area (Å²) in [6, 6.07) is 11.9. The molecule has 0 heterocycles. The van der Waals surface area contributed by atoms with Gasteiger partial charge in [0.1, 0.15) is 0 Å². The highest BCUT2D eigenvalue weighted by Crippen LogP contribution is 2.25. The van der Waals surface area contributed by atoms with Gasteiger partial charge >= 0.3 is 0 Å². The molecule has 2 aromatic carbocycles. The van der Waals surface area contributed by atoms with Crippen LogP contribution in [0.25, 0.3) is 10.8 Å². The van der Waals surface area contributed by atoms with Gasteiger partial charge in [0.05, 0.1) is 0 Å². The van der Waals surface area contributed by atoms with Crippen molar-refractivity contribution in [3.63, 3.8) is 0 Å². The lowest BCUT2D eigenvalue weighted by molar-refractivity contribution is 0.0999. The maximum absolute atomic E-state index is 11.4. The summed E-state index contributed by atoms with van der Waals surface area (Å²) in [7, 11) is 0. The summed E-state index contributed by atoms with van der Waals surface area (Å²) in [5.41, 5.74) is 7.06. The molecule has 0 unspecified atom stereocenters. The van der Waals surface area contributed by atoms with Gasteiger partial charge in [-0.3, -0.25) is 4.79 Å². The zero-order chi connectivity index (χ0) is 11.7.